The average molecular weight is 639 g/mol. The Kier molecular flexibility index (Phi) is 9.62. The zero-order chi connectivity index (χ0) is 33.6. The van der Waals surface area contributed by atoms with Gasteiger partial charge in [0, 0.05) is 35.7 Å². The molecule has 1 aliphatic rings. The number of aryl methyl sites for hydroxylation is 4. The molecule has 0 saturated carbocycles. The summed E-state index contributed by atoms with van der Waals surface area (Å²) in [6.07, 6.45) is 4.45. The van der Waals surface area contributed by atoms with Crippen LogP contribution in [0.4, 0.5) is 0 Å². The Morgan fingerprint density at radius 2 is 1.58 bits per heavy atom. The van der Waals surface area contributed by atoms with Gasteiger partial charge in [-0.1, -0.05) is 102 Å². The van der Waals surface area contributed by atoms with E-state index in [4.69, 9.17) is 9.82 Å². The van der Waals surface area contributed by atoms with Crippen molar-refractivity contribution in [2.45, 2.75) is 46.1 Å². The number of hydrogen-bond acceptors (Lipinski definition) is 5. The van der Waals surface area contributed by atoms with Crippen LogP contribution in [0.15, 0.2) is 102 Å². The van der Waals surface area contributed by atoms with Crippen molar-refractivity contribution in [3.05, 3.63) is 130 Å². The van der Waals surface area contributed by atoms with E-state index in [1.165, 1.54) is 11.1 Å². The molecule has 4 aromatic carbocycles. The van der Waals surface area contributed by atoms with E-state index in [1.807, 2.05) is 72.8 Å². The van der Waals surface area contributed by atoms with Crippen LogP contribution in [0, 0.1) is 20.8 Å². The number of amides is 1. The summed E-state index contributed by atoms with van der Waals surface area (Å²) < 4.78 is 0. The topological polar surface area (TPSA) is 117 Å². The molecule has 1 aromatic heterocycles. The molecule has 242 valence electrons. The largest absolute Gasteiger partial charge is 0.478 e. The summed E-state index contributed by atoms with van der Waals surface area (Å²) in [6, 6.07) is 30.4. The van der Waals surface area contributed by atoms with E-state index in [0.29, 0.717) is 12.3 Å². The van der Waals surface area contributed by atoms with Crippen molar-refractivity contribution in [3.8, 4) is 33.9 Å². The second-order valence-electron chi connectivity index (χ2n) is 12.2. The van der Waals surface area contributed by atoms with E-state index in [-0.39, 0.29) is 12.3 Å². The number of aliphatic carboxylic acids is 1. The lowest BCUT2D eigenvalue weighted by atomic mass is 9.99. The van der Waals surface area contributed by atoms with Gasteiger partial charge in [0.25, 0.3) is 0 Å². The number of aromatic nitrogens is 2. The van der Waals surface area contributed by atoms with Gasteiger partial charge in [0.05, 0.1) is 17.1 Å². The number of oxime groups is 1. The molecule has 1 atom stereocenters. The Labute approximate surface area is 280 Å². The number of rotatable bonds is 11. The average Bonchev–Trinajstić information content (AvgIpc) is 3.75. The van der Waals surface area contributed by atoms with Crippen molar-refractivity contribution in [3.63, 3.8) is 0 Å². The zero-order valence-corrected chi connectivity index (χ0v) is 27.3. The molecule has 6 rings (SSSR count). The van der Waals surface area contributed by atoms with Crippen LogP contribution in [0.3, 0.4) is 0 Å². The van der Waals surface area contributed by atoms with Gasteiger partial charge in [0.15, 0.2) is 0 Å². The number of carboxylic acid groups (broad SMARTS) is 1. The second-order valence-corrected chi connectivity index (χ2v) is 12.2. The number of nitrogens with zero attached hydrogens (tertiary/aromatic N) is 2. The van der Waals surface area contributed by atoms with Gasteiger partial charge in [0.1, 0.15) is 5.82 Å². The number of hydrogen-bond donors (Lipinski definition) is 3. The molecule has 1 aliphatic heterocycles. The van der Waals surface area contributed by atoms with E-state index < -0.39 is 12.1 Å². The lowest BCUT2D eigenvalue weighted by Gasteiger charge is -2.08. The normalized spacial score (nSPS) is 14.1. The van der Waals surface area contributed by atoms with Crippen LogP contribution in [0.2, 0.25) is 0 Å². The molecule has 0 fully saturated rings. The van der Waals surface area contributed by atoms with Crippen molar-refractivity contribution in [2.75, 3.05) is 6.54 Å². The first-order valence-electron chi connectivity index (χ1n) is 16.1. The molecule has 8 heteroatoms. The van der Waals surface area contributed by atoms with Crippen molar-refractivity contribution < 1.29 is 19.5 Å². The molecule has 0 saturated heterocycles. The number of imidazole rings is 1. The zero-order valence-electron chi connectivity index (χ0n) is 27.3. The SMILES string of the molecule is Cc1cc(C)c(-c2nc(-c3ccc(C4=NOC(C(=O)O)C4)cc3)c(-c3ccc(/C=C/C(=O)NCCCc4ccccc4)cc3)[nH]2)c(C)c1. The monoisotopic (exact) mass is 638 g/mol. The van der Waals surface area contributed by atoms with Crippen molar-refractivity contribution >= 4 is 23.7 Å². The number of carboxylic acids is 1. The maximum Gasteiger partial charge on any atom is 0.348 e. The van der Waals surface area contributed by atoms with Gasteiger partial charge in [-0.15, -0.1) is 0 Å². The van der Waals surface area contributed by atoms with Crippen LogP contribution < -0.4 is 5.32 Å². The summed E-state index contributed by atoms with van der Waals surface area (Å²) in [6.45, 7) is 6.91. The number of aromatic amines is 1. The molecule has 0 spiro atoms. The minimum absolute atomic E-state index is 0.117. The predicted octanol–water partition coefficient (Wildman–Crippen LogP) is 7.68. The van der Waals surface area contributed by atoms with Crippen LogP contribution in [-0.2, 0) is 20.8 Å². The maximum atomic E-state index is 12.4. The highest BCUT2D eigenvalue weighted by Crippen LogP contribution is 2.36. The third-order valence-electron chi connectivity index (χ3n) is 8.46. The summed E-state index contributed by atoms with van der Waals surface area (Å²) in [4.78, 5) is 37.6. The molecule has 1 unspecified atom stereocenters. The van der Waals surface area contributed by atoms with Crippen molar-refractivity contribution in [1.82, 2.24) is 15.3 Å². The second kappa shape index (κ2) is 14.3. The maximum absolute atomic E-state index is 12.4. The minimum Gasteiger partial charge on any atom is -0.478 e. The smallest absolute Gasteiger partial charge is 0.348 e. The number of carbonyl (C=O) groups excluding carboxylic acids is 1. The molecule has 8 nitrogen and oxygen atoms in total. The number of benzene rings is 4. The van der Waals surface area contributed by atoms with Gasteiger partial charge in [-0.2, -0.15) is 0 Å². The lowest BCUT2D eigenvalue weighted by Crippen LogP contribution is -2.22. The summed E-state index contributed by atoms with van der Waals surface area (Å²) in [5.74, 6) is -0.363. The lowest BCUT2D eigenvalue weighted by molar-refractivity contribution is -0.148. The highest BCUT2D eigenvalue weighted by Gasteiger charge is 2.28. The van der Waals surface area contributed by atoms with Crippen molar-refractivity contribution in [2.24, 2.45) is 5.16 Å². The fraction of sp³-hybridized carbons (Fsp3) is 0.200. The van der Waals surface area contributed by atoms with E-state index in [1.54, 1.807) is 6.08 Å². The highest BCUT2D eigenvalue weighted by atomic mass is 16.7. The molecule has 0 radical (unpaired) electrons. The number of carbonyl (C=O) groups is 2. The Hall–Kier alpha value is -5.76. The first-order chi connectivity index (χ1) is 23.2. The number of nitrogens with one attached hydrogen (secondary N) is 2. The molecular weight excluding hydrogens is 600 g/mol. The highest BCUT2D eigenvalue weighted by molar-refractivity contribution is 6.03. The first-order valence-corrected chi connectivity index (χ1v) is 16.1. The molecule has 0 bridgehead atoms. The van der Waals surface area contributed by atoms with Gasteiger partial charge >= 0.3 is 5.97 Å². The van der Waals surface area contributed by atoms with Crippen LogP contribution >= 0.6 is 0 Å². The van der Waals surface area contributed by atoms with Gasteiger partial charge < -0.3 is 20.2 Å². The van der Waals surface area contributed by atoms with E-state index >= 15 is 0 Å². The van der Waals surface area contributed by atoms with E-state index in [9.17, 15) is 14.7 Å². The summed E-state index contributed by atoms with van der Waals surface area (Å²) >= 11 is 0. The van der Waals surface area contributed by atoms with Crippen LogP contribution in [0.5, 0.6) is 0 Å². The summed E-state index contributed by atoms with van der Waals surface area (Å²) in [7, 11) is 0. The third kappa shape index (κ3) is 7.44. The van der Waals surface area contributed by atoms with Crippen molar-refractivity contribution in [1.29, 1.82) is 0 Å². The van der Waals surface area contributed by atoms with Gasteiger partial charge in [-0.3, -0.25) is 4.79 Å². The first kappa shape index (κ1) is 32.2. The Morgan fingerprint density at radius 3 is 2.25 bits per heavy atom. The quantitative estimate of drug-likeness (QED) is 0.101. The van der Waals surface area contributed by atoms with Gasteiger partial charge in [-0.05, 0) is 67.5 Å². The molecule has 5 aromatic rings. The Bertz CT molecular complexity index is 1970. The molecule has 3 N–H and O–H groups in total. The number of H-pyrrole nitrogens is 1. The predicted molar refractivity (Wildman–Crippen MR) is 190 cm³/mol. The fourth-order valence-electron chi connectivity index (χ4n) is 6.10. The Morgan fingerprint density at radius 1 is 0.917 bits per heavy atom. The Balaban J connectivity index is 1.22. The molecule has 1 amide bonds. The summed E-state index contributed by atoms with van der Waals surface area (Å²) in [5.41, 5.74) is 11.7. The molecule has 48 heavy (non-hydrogen) atoms. The van der Waals surface area contributed by atoms with E-state index in [2.05, 4.69) is 60.5 Å². The minimum atomic E-state index is -1.03. The standard InChI is InChI=1S/C40H38N4O4/c1-25-22-26(2)36(27(3)23-25)39-42-37(38(43-39)32-18-16-30(17-19-32)33-24-34(40(46)47)48-44-33)31-14-11-29(12-15-31)13-20-35(45)41-21-7-10-28-8-5-4-6-9-28/h4-6,8-9,11-20,22-23,34H,7,10,21,24H2,1-3H3,(H,41,45)(H,42,43)(H,46,47)/b20-13+. The van der Waals surface area contributed by atoms with E-state index in [0.717, 1.165) is 69.0 Å². The van der Waals surface area contributed by atoms with Crippen LogP contribution in [-0.4, -0.2) is 45.3 Å². The summed E-state index contributed by atoms with van der Waals surface area (Å²) in [5, 5.41) is 16.2. The molecule has 2 heterocycles. The van der Waals surface area contributed by atoms with Crippen LogP contribution in [0.25, 0.3) is 40.0 Å². The van der Waals surface area contributed by atoms with Gasteiger partial charge in [-0.25, -0.2) is 9.78 Å². The molecular formula is C40H38N4O4. The van der Waals surface area contributed by atoms with Gasteiger partial charge in [0.2, 0.25) is 12.0 Å². The fourth-order valence-corrected chi connectivity index (χ4v) is 6.10. The third-order valence-corrected chi connectivity index (χ3v) is 8.46. The molecule has 0 aliphatic carbocycles. The van der Waals surface area contributed by atoms with Crippen LogP contribution in [0.1, 0.15) is 46.2 Å².